The number of hydrogen-bond donors (Lipinski definition) is 1. The molecular weight excluding hydrogens is 260 g/mol. The third kappa shape index (κ3) is 3.58. The van der Waals surface area contributed by atoms with Gasteiger partial charge in [-0.2, -0.15) is 0 Å². The molecule has 1 unspecified atom stereocenters. The van der Waals surface area contributed by atoms with Gasteiger partial charge in [0.15, 0.2) is 0 Å². The topological polar surface area (TPSA) is 32.3 Å². The molecule has 3 nitrogen and oxygen atoms in total. The summed E-state index contributed by atoms with van der Waals surface area (Å²) in [5.74, 6) is 0.722. The lowest BCUT2D eigenvalue weighted by Gasteiger charge is -2.28. The normalized spacial score (nSPS) is 18.3. The number of rotatable bonds is 5. The fraction of sp³-hybridized carbons (Fsp3) is 0.611. The average molecular weight is 288 g/mol. The van der Waals surface area contributed by atoms with Gasteiger partial charge in [-0.25, -0.2) is 0 Å². The number of nitrogens with one attached hydrogen (secondary N) is 1. The number of hydrogen-bond acceptors (Lipinski definition) is 2. The third-order valence-electron chi connectivity index (χ3n) is 4.37. The molecule has 0 saturated carbocycles. The van der Waals surface area contributed by atoms with Crippen molar-refractivity contribution in [2.24, 2.45) is 5.92 Å². The van der Waals surface area contributed by atoms with Gasteiger partial charge in [-0.05, 0) is 55.9 Å². The van der Waals surface area contributed by atoms with Crippen molar-refractivity contribution in [3.05, 3.63) is 29.3 Å². The lowest BCUT2D eigenvalue weighted by molar-refractivity contribution is 0.0701. The molecule has 1 atom stereocenters. The number of amides is 1. The first kappa shape index (κ1) is 15.9. The molecule has 1 amide bonds. The zero-order chi connectivity index (χ0) is 15.4. The molecule has 1 aliphatic rings. The van der Waals surface area contributed by atoms with Gasteiger partial charge < -0.3 is 10.2 Å². The maximum Gasteiger partial charge on any atom is 0.254 e. The third-order valence-corrected chi connectivity index (χ3v) is 4.37. The minimum atomic E-state index is 0.191. The van der Waals surface area contributed by atoms with Gasteiger partial charge in [-0.1, -0.05) is 20.8 Å². The lowest BCUT2D eigenvalue weighted by Crippen LogP contribution is -2.38. The summed E-state index contributed by atoms with van der Waals surface area (Å²) in [6.07, 6.45) is 3.37. The first-order chi connectivity index (χ1) is 10.0. The summed E-state index contributed by atoms with van der Waals surface area (Å²) in [4.78, 5) is 14.8. The van der Waals surface area contributed by atoms with Crippen molar-refractivity contribution in [1.82, 2.24) is 4.90 Å². The van der Waals surface area contributed by atoms with Gasteiger partial charge in [-0.15, -0.1) is 0 Å². The Bertz CT molecular complexity index is 496. The van der Waals surface area contributed by atoms with Crippen LogP contribution >= 0.6 is 0 Å². The monoisotopic (exact) mass is 288 g/mol. The summed E-state index contributed by atoms with van der Waals surface area (Å²) < 4.78 is 0. The van der Waals surface area contributed by atoms with E-state index in [1.165, 1.54) is 0 Å². The molecule has 3 heteroatoms. The first-order valence-corrected chi connectivity index (χ1v) is 8.20. The highest BCUT2D eigenvalue weighted by Crippen LogP contribution is 2.26. The minimum absolute atomic E-state index is 0.191. The SMILES string of the molecule is CCCNc1ccc(C(=O)N2CCCC2C(C)C)cc1C. The minimum Gasteiger partial charge on any atom is -0.385 e. The molecule has 1 N–H and O–H groups in total. The maximum absolute atomic E-state index is 12.7. The van der Waals surface area contributed by atoms with Crippen LogP contribution < -0.4 is 5.32 Å². The van der Waals surface area contributed by atoms with Crippen molar-refractivity contribution in [1.29, 1.82) is 0 Å². The quantitative estimate of drug-likeness (QED) is 0.885. The second-order valence-corrected chi connectivity index (χ2v) is 6.41. The molecule has 0 aromatic heterocycles. The summed E-state index contributed by atoms with van der Waals surface area (Å²) in [6.45, 7) is 10.5. The van der Waals surface area contributed by atoms with Gasteiger partial charge in [0.1, 0.15) is 0 Å². The van der Waals surface area contributed by atoms with Crippen molar-refractivity contribution < 1.29 is 4.79 Å². The van der Waals surface area contributed by atoms with Crippen LogP contribution in [0.25, 0.3) is 0 Å². The van der Waals surface area contributed by atoms with Gasteiger partial charge in [-0.3, -0.25) is 4.79 Å². The van der Waals surface area contributed by atoms with Crippen molar-refractivity contribution >= 4 is 11.6 Å². The average Bonchev–Trinajstić information content (AvgIpc) is 2.94. The molecule has 0 spiro atoms. The highest BCUT2D eigenvalue weighted by atomic mass is 16.2. The van der Waals surface area contributed by atoms with E-state index in [0.717, 1.165) is 49.2 Å². The Labute approximate surface area is 128 Å². The molecule has 1 aromatic rings. The van der Waals surface area contributed by atoms with E-state index < -0.39 is 0 Å². The van der Waals surface area contributed by atoms with Gasteiger partial charge in [0, 0.05) is 30.4 Å². The Morgan fingerprint density at radius 2 is 2.19 bits per heavy atom. The molecule has 2 rings (SSSR count). The molecule has 1 heterocycles. The number of anilines is 1. The predicted octanol–water partition coefficient (Wildman–Crippen LogP) is 4.08. The highest BCUT2D eigenvalue weighted by Gasteiger charge is 2.31. The summed E-state index contributed by atoms with van der Waals surface area (Å²) in [7, 11) is 0. The molecular formula is C18H28N2O. The zero-order valence-electron chi connectivity index (χ0n) is 13.8. The summed E-state index contributed by atoms with van der Waals surface area (Å²) >= 11 is 0. The second kappa shape index (κ2) is 6.97. The Hall–Kier alpha value is -1.51. The van der Waals surface area contributed by atoms with E-state index >= 15 is 0 Å². The summed E-state index contributed by atoms with van der Waals surface area (Å²) in [6, 6.07) is 6.42. The van der Waals surface area contributed by atoms with Crippen LogP contribution in [0, 0.1) is 12.8 Å². The van der Waals surface area contributed by atoms with E-state index in [2.05, 4.69) is 37.9 Å². The molecule has 0 bridgehead atoms. The van der Waals surface area contributed by atoms with Crippen LogP contribution in [0.5, 0.6) is 0 Å². The Morgan fingerprint density at radius 1 is 1.43 bits per heavy atom. The maximum atomic E-state index is 12.7. The van der Waals surface area contributed by atoms with Gasteiger partial charge in [0.05, 0.1) is 0 Å². The molecule has 1 fully saturated rings. The van der Waals surface area contributed by atoms with E-state index in [0.29, 0.717) is 12.0 Å². The van der Waals surface area contributed by atoms with Crippen molar-refractivity contribution in [3.63, 3.8) is 0 Å². The predicted molar refractivity (Wildman–Crippen MR) is 88.9 cm³/mol. The van der Waals surface area contributed by atoms with E-state index in [1.807, 2.05) is 18.2 Å². The van der Waals surface area contributed by atoms with Crippen LogP contribution in [0.4, 0.5) is 5.69 Å². The van der Waals surface area contributed by atoms with Gasteiger partial charge in [0.2, 0.25) is 0 Å². The lowest BCUT2D eigenvalue weighted by atomic mass is 10.0. The molecule has 0 radical (unpaired) electrons. The number of benzene rings is 1. The Morgan fingerprint density at radius 3 is 2.81 bits per heavy atom. The Balaban J connectivity index is 2.14. The van der Waals surface area contributed by atoms with E-state index in [-0.39, 0.29) is 5.91 Å². The zero-order valence-corrected chi connectivity index (χ0v) is 13.8. The van der Waals surface area contributed by atoms with Crippen LogP contribution in [0.3, 0.4) is 0 Å². The van der Waals surface area contributed by atoms with Crippen LogP contribution in [-0.2, 0) is 0 Å². The molecule has 116 valence electrons. The van der Waals surface area contributed by atoms with Gasteiger partial charge >= 0.3 is 0 Å². The molecule has 0 aliphatic carbocycles. The van der Waals surface area contributed by atoms with E-state index in [4.69, 9.17) is 0 Å². The Kier molecular flexibility index (Phi) is 5.27. The molecule has 1 aromatic carbocycles. The van der Waals surface area contributed by atoms with Crippen LogP contribution in [0.1, 0.15) is 56.0 Å². The smallest absolute Gasteiger partial charge is 0.254 e. The van der Waals surface area contributed by atoms with Crippen LogP contribution in [0.15, 0.2) is 18.2 Å². The fourth-order valence-electron chi connectivity index (χ4n) is 3.16. The second-order valence-electron chi connectivity index (χ2n) is 6.41. The van der Waals surface area contributed by atoms with Crippen LogP contribution in [0.2, 0.25) is 0 Å². The first-order valence-electron chi connectivity index (χ1n) is 8.20. The number of likely N-dealkylation sites (tertiary alicyclic amines) is 1. The van der Waals surface area contributed by atoms with Crippen LogP contribution in [-0.4, -0.2) is 29.9 Å². The van der Waals surface area contributed by atoms with Crippen molar-refractivity contribution in [2.75, 3.05) is 18.4 Å². The number of aryl methyl sites for hydroxylation is 1. The largest absolute Gasteiger partial charge is 0.385 e. The summed E-state index contributed by atoms with van der Waals surface area (Å²) in [5.41, 5.74) is 3.10. The van der Waals surface area contributed by atoms with E-state index in [1.54, 1.807) is 0 Å². The van der Waals surface area contributed by atoms with Crippen molar-refractivity contribution in [3.8, 4) is 0 Å². The highest BCUT2D eigenvalue weighted by molar-refractivity contribution is 5.95. The fourth-order valence-corrected chi connectivity index (χ4v) is 3.16. The van der Waals surface area contributed by atoms with Crippen molar-refractivity contribution in [2.45, 2.75) is 53.0 Å². The summed E-state index contributed by atoms with van der Waals surface area (Å²) in [5, 5.41) is 3.40. The molecule has 21 heavy (non-hydrogen) atoms. The number of carbonyl (C=O) groups is 1. The number of nitrogens with zero attached hydrogens (tertiary/aromatic N) is 1. The molecule has 1 saturated heterocycles. The standard InChI is InChI=1S/C18H28N2O/c1-5-10-19-16-9-8-15(12-14(16)4)18(21)20-11-6-7-17(20)13(2)3/h8-9,12-13,17,19H,5-7,10-11H2,1-4H3. The number of carbonyl (C=O) groups excluding carboxylic acids is 1. The van der Waals surface area contributed by atoms with Gasteiger partial charge in [0.25, 0.3) is 5.91 Å². The molecule has 1 aliphatic heterocycles. The van der Waals surface area contributed by atoms with E-state index in [9.17, 15) is 4.79 Å².